The molecule has 18 heavy (non-hydrogen) atoms. The average molecular weight is 263 g/mol. The summed E-state index contributed by atoms with van der Waals surface area (Å²) < 4.78 is 35.9. The van der Waals surface area contributed by atoms with Gasteiger partial charge >= 0.3 is 12.1 Å². The Bertz CT molecular complexity index is 420. The van der Waals surface area contributed by atoms with E-state index in [-0.39, 0.29) is 12.1 Å². The Morgan fingerprint density at radius 3 is 2.50 bits per heavy atom. The third kappa shape index (κ3) is 3.71. The number of nitrogens with one attached hydrogen (secondary N) is 1. The molecule has 7 heteroatoms. The van der Waals surface area contributed by atoms with E-state index in [4.69, 9.17) is 5.11 Å². The highest BCUT2D eigenvalue weighted by Gasteiger charge is 2.38. The maximum Gasteiger partial charge on any atom is 0.471 e. The van der Waals surface area contributed by atoms with E-state index in [1.807, 2.05) is 0 Å². The minimum atomic E-state index is -4.94. The summed E-state index contributed by atoms with van der Waals surface area (Å²) in [5.41, 5.74) is 0.596. The van der Waals surface area contributed by atoms with Crippen molar-refractivity contribution in [3.05, 3.63) is 35.4 Å². The third-order valence-electron chi connectivity index (χ3n) is 2.28. The largest absolute Gasteiger partial charge is 0.471 e. The van der Waals surface area contributed by atoms with Gasteiger partial charge in [-0.3, -0.25) is 4.79 Å². The van der Waals surface area contributed by atoms with Crippen molar-refractivity contribution in [2.24, 2.45) is 0 Å². The Labute approximate surface area is 101 Å². The zero-order valence-electron chi connectivity index (χ0n) is 9.24. The number of benzene rings is 1. The molecule has 1 rings (SSSR count). The highest BCUT2D eigenvalue weighted by Crippen LogP contribution is 2.19. The summed E-state index contributed by atoms with van der Waals surface area (Å²) >= 11 is 0. The number of aliphatic hydroxyl groups is 2. The van der Waals surface area contributed by atoms with Crippen molar-refractivity contribution in [2.45, 2.75) is 18.8 Å². The zero-order chi connectivity index (χ0) is 13.8. The van der Waals surface area contributed by atoms with E-state index in [9.17, 15) is 23.1 Å². The first-order valence-electron chi connectivity index (χ1n) is 5.08. The minimum Gasteiger partial charge on any atom is -0.393 e. The summed E-state index contributed by atoms with van der Waals surface area (Å²) in [7, 11) is 0. The zero-order valence-corrected chi connectivity index (χ0v) is 9.24. The smallest absolute Gasteiger partial charge is 0.393 e. The van der Waals surface area contributed by atoms with E-state index in [1.54, 1.807) is 17.4 Å². The van der Waals surface area contributed by atoms with Crippen molar-refractivity contribution in [2.75, 3.05) is 6.61 Å². The number of aliphatic hydroxyl groups excluding tert-OH is 2. The minimum absolute atomic E-state index is 0.280. The Balaban J connectivity index is 2.76. The van der Waals surface area contributed by atoms with Gasteiger partial charge in [-0.15, -0.1) is 0 Å². The van der Waals surface area contributed by atoms with E-state index in [1.165, 1.54) is 12.1 Å². The fourth-order valence-electron chi connectivity index (χ4n) is 1.39. The van der Waals surface area contributed by atoms with Gasteiger partial charge in [-0.25, -0.2) is 0 Å². The molecule has 0 fully saturated rings. The monoisotopic (exact) mass is 263 g/mol. The summed E-state index contributed by atoms with van der Waals surface area (Å²) in [6.07, 6.45) is -6.13. The number of amides is 1. The molecule has 100 valence electrons. The Kier molecular flexibility index (Phi) is 4.69. The molecule has 3 N–H and O–H groups in total. The van der Waals surface area contributed by atoms with E-state index < -0.39 is 24.8 Å². The maximum atomic E-state index is 12.0. The molecule has 1 aromatic rings. The first kappa shape index (κ1) is 14.5. The highest BCUT2D eigenvalue weighted by atomic mass is 19.4. The predicted molar refractivity (Wildman–Crippen MR) is 56.4 cm³/mol. The number of halogens is 3. The Morgan fingerprint density at radius 2 is 1.94 bits per heavy atom. The van der Waals surface area contributed by atoms with Crippen molar-refractivity contribution in [3.63, 3.8) is 0 Å². The molecule has 1 atom stereocenters. The lowest BCUT2D eigenvalue weighted by Gasteiger charge is -2.14. The normalized spacial score (nSPS) is 13.2. The van der Waals surface area contributed by atoms with Gasteiger partial charge in [-0.05, 0) is 11.1 Å². The molecule has 0 spiro atoms. The second kappa shape index (κ2) is 5.83. The summed E-state index contributed by atoms with van der Waals surface area (Å²) in [6.45, 7) is -0.921. The van der Waals surface area contributed by atoms with Gasteiger partial charge in [0.25, 0.3) is 0 Å². The Morgan fingerprint density at radius 1 is 1.33 bits per heavy atom. The third-order valence-corrected chi connectivity index (χ3v) is 2.28. The molecule has 0 bridgehead atoms. The van der Waals surface area contributed by atoms with Crippen molar-refractivity contribution in [3.8, 4) is 0 Å². The predicted octanol–water partition coefficient (Wildman–Crippen LogP) is 0.891. The summed E-state index contributed by atoms with van der Waals surface area (Å²) in [4.78, 5) is 10.6. The van der Waals surface area contributed by atoms with Crippen molar-refractivity contribution in [1.29, 1.82) is 0 Å². The van der Waals surface area contributed by atoms with Gasteiger partial charge in [0.2, 0.25) is 0 Å². The van der Waals surface area contributed by atoms with E-state index in [0.717, 1.165) is 0 Å². The maximum absolute atomic E-state index is 12.0. The van der Waals surface area contributed by atoms with Gasteiger partial charge in [-0.2, -0.15) is 13.2 Å². The molecule has 0 saturated carbocycles. The molecule has 0 heterocycles. The van der Waals surface area contributed by atoms with Crippen molar-refractivity contribution in [1.82, 2.24) is 5.32 Å². The van der Waals surface area contributed by atoms with Crippen LogP contribution in [-0.2, 0) is 11.3 Å². The standard InChI is InChI=1S/C11H12F3NO3/c12-11(13,14)10(18)15-5-7-3-1-2-4-8(7)9(17)6-16/h1-4,9,16-17H,5-6H2,(H,15,18)/t9-/m0/s1. The summed E-state index contributed by atoms with van der Waals surface area (Å²) in [5, 5.41) is 20.0. The quantitative estimate of drug-likeness (QED) is 0.755. The van der Waals surface area contributed by atoms with Gasteiger partial charge in [0.15, 0.2) is 0 Å². The fraction of sp³-hybridized carbons (Fsp3) is 0.364. The van der Waals surface area contributed by atoms with E-state index in [0.29, 0.717) is 5.56 Å². The lowest BCUT2D eigenvalue weighted by molar-refractivity contribution is -0.173. The number of carbonyl (C=O) groups is 1. The molecule has 4 nitrogen and oxygen atoms in total. The number of alkyl halides is 3. The van der Waals surface area contributed by atoms with Gasteiger partial charge in [0.1, 0.15) is 6.10 Å². The van der Waals surface area contributed by atoms with Crippen LogP contribution in [0.3, 0.4) is 0 Å². The van der Waals surface area contributed by atoms with Crippen LogP contribution in [0.25, 0.3) is 0 Å². The topological polar surface area (TPSA) is 69.6 Å². The first-order valence-corrected chi connectivity index (χ1v) is 5.08. The van der Waals surface area contributed by atoms with E-state index >= 15 is 0 Å². The van der Waals surface area contributed by atoms with Crippen LogP contribution >= 0.6 is 0 Å². The number of hydrogen-bond donors (Lipinski definition) is 3. The van der Waals surface area contributed by atoms with Gasteiger partial charge in [0, 0.05) is 6.54 Å². The van der Waals surface area contributed by atoms with Crippen LogP contribution in [0.1, 0.15) is 17.2 Å². The van der Waals surface area contributed by atoms with Crippen LogP contribution in [0, 0.1) is 0 Å². The van der Waals surface area contributed by atoms with E-state index in [2.05, 4.69) is 0 Å². The summed E-state index contributed by atoms with van der Waals surface area (Å²) in [5.74, 6) is -2.05. The molecular weight excluding hydrogens is 251 g/mol. The number of rotatable bonds is 4. The van der Waals surface area contributed by atoms with Gasteiger partial charge in [-0.1, -0.05) is 24.3 Å². The van der Waals surface area contributed by atoms with Crippen LogP contribution in [0.5, 0.6) is 0 Å². The average Bonchev–Trinajstić information content (AvgIpc) is 2.34. The second-order valence-corrected chi connectivity index (χ2v) is 3.58. The SMILES string of the molecule is O=C(NCc1ccccc1[C@@H](O)CO)C(F)(F)F. The van der Waals surface area contributed by atoms with Crippen LogP contribution in [-0.4, -0.2) is 28.9 Å². The van der Waals surface area contributed by atoms with Gasteiger partial charge in [0.05, 0.1) is 6.61 Å². The molecule has 0 aliphatic rings. The van der Waals surface area contributed by atoms with Crippen LogP contribution in [0.15, 0.2) is 24.3 Å². The van der Waals surface area contributed by atoms with Gasteiger partial charge < -0.3 is 15.5 Å². The highest BCUT2D eigenvalue weighted by molar-refractivity contribution is 5.81. The molecule has 1 aromatic carbocycles. The molecule has 0 radical (unpaired) electrons. The first-order chi connectivity index (χ1) is 8.36. The molecule has 0 saturated heterocycles. The lowest BCUT2D eigenvalue weighted by atomic mass is 10.0. The molecule has 0 aliphatic heterocycles. The second-order valence-electron chi connectivity index (χ2n) is 3.58. The molecular formula is C11H12F3NO3. The molecule has 0 unspecified atom stereocenters. The molecule has 1 amide bonds. The fourth-order valence-corrected chi connectivity index (χ4v) is 1.39. The number of hydrogen-bond acceptors (Lipinski definition) is 3. The van der Waals surface area contributed by atoms with Crippen molar-refractivity contribution < 1.29 is 28.2 Å². The van der Waals surface area contributed by atoms with Crippen LogP contribution < -0.4 is 5.32 Å². The molecule has 0 aromatic heterocycles. The number of carbonyl (C=O) groups excluding carboxylic acids is 1. The Hall–Kier alpha value is -1.60. The molecule has 0 aliphatic carbocycles. The van der Waals surface area contributed by atoms with Crippen LogP contribution in [0.2, 0.25) is 0 Å². The van der Waals surface area contributed by atoms with Crippen LogP contribution in [0.4, 0.5) is 13.2 Å². The lowest BCUT2D eigenvalue weighted by Crippen LogP contribution is -2.36. The van der Waals surface area contributed by atoms with Crippen molar-refractivity contribution >= 4 is 5.91 Å². The summed E-state index contributed by atoms with van der Waals surface area (Å²) in [6, 6.07) is 6.06.